The Kier molecular flexibility index (Phi) is 2.85. The van der Waals surface area contributed by atoms with Gasteiger partial charge in [-0.15, -0.1) is 0 Å². The number of halogens is 2. The largest absolute Gasteiger partial charge is 0.419 e. The highest BCUT2D eigenvalue weighted by Gasteiger charge is 2.04. The molecule has 0 aliphatic heterocycles. The molecule has 0 radical (unpaired) electrons. The van der Waals surface area contributed by atoms with Gasteiger partial charge >= 0.3 is 11.4 Å². The maximum atomic E-state index is 11.0. The molecule has 1 aromatic carbocycles. The lowest BCUT2D eigenvalue weighted by Crippen LogP contribution is -2.14. The summed E-state index contributed by atoms with van der Waals surface area (Å²) in [7, 11) is 0. The minimum Gasteiger partial charge on any atom is -0.373 e. The minimum atomic E-state index is -0.812. The van der Waals surface area contributed by atoms with Gasteiger partial charge < -0.3 is 4.42 Å². The quantitative estimate of drug-likeness (QED) is 0.853. The van der Waals surface area contributed by atoms with Gasteiger partial charge in [-0.2, -0.15) is 0 Å². The van der Waals surface area contributed by atoms with Crippen LogP contribution in [0.15, 0.2) is 38.3 Å². The van der Waals surface area contributed by atoms with Crippen molar-refractivity contribution in [2.45, 2.75) is 0 Å². The SMILES string of the molecule is O=c1cc(-c2ccc(Cl)c(Cl)c2)[nH]c(=O)o1. The van der Waals surface area contributed by atoms with Crippen LogP contribution < -0.4 is 11.4 Å². The zero-order valence-electron chi connectivity index (χ0n) is 7.79. The van der Waals surface area contributed by atoms with Gasteiger partial charge in [-0.1, -0.05) is 29.3 Å². The van der Waals surface area contributed by atoms with Crippen molar-refractivity contribution in [1.29, 1.82) is 0 Å². The molecule has 0 aliphatic carbocycles. The van der Waals surface area contributed by atoms with Crippen molar-refractivity contribution in [2.24, 2.45) is 0 Å². The van der Waals surface area contributed by atoms with E-state index >= 15 is 0 Å². The first-order chi connectivity index (χ1) is 7.56. The molecule has 0 unspecified atom stereocenters. The van der Waals surface area contributed by atoms with E-state index in [1.807, 2.05) is 0 Å². The van der Waals surface area contributed by atoms with Crippen LogP contribution in [0.1, 0.15) is 0 Å². The summed E-state index contributed by atoms with van der Waals surface area (Å²) in [5, 5.41) is 0.740. The molecule has 0 saturated carbocycles. The molecule has 82 valence electrons. The van der Waals surface area contributed by atoms with E-state index in [1.54, 1.807) is 18.2 Å². The molecule has 0 bridgehead atoms. The summed E-state index contributed by atoms with van der Waals surface area (Å²) in [5.74, 6) is -0.812. The Labute approximate surface area is 99.4 Å². The zero-order chi connectivity index (χ0) is 11.7. The van der Waals surface area contributed by atoms with Gasteiger partial charge in [-0.3, -0.25) is 4.98 Å². The second-order valence-electron chi connectivity index (χ2n) is 3.02. The molecule has 0 atom stereocenters. The highest BCUT2D eigenvalue weighted by atomic mass is 35.5. The summed E-state index contributed by atoms with van der Waals surface area (Å²) < 4.78 is 4.27. The van der Waals surface area contributed by atoms with E-state index in [4.69, 9.17) is 23.2 Å². The summed E-state index contributed by atoms with van der Waals surface area (Å²) in [6, 6.07) is 5.93. The Bertz CT molecular complexity index is 617. The number of rotatable bonds is 1. The van der Waals surface area contributed by atoms with Gasteiger partial charge in [0.05, 0.1) is 15.7 Å². The van der Waals surface area contributed by atoms with E-state index in [9.17, 15) is 9.59 Å². The van der Waals surface area contributed by atoms with Gasteiger partial charge in [0, 0.05) is 6.07 Å². The molecule has 16 heavy (non-hydrogen) atoms. The van der Waals surface area contributed by atoms with E-state index in [-0.39, 0.29) is 0 Å². The van der Waals surface area contributed by atoms with Crippen molar-refractivity contribution in [2.75, 3.05) is 0 Å². The molecule has 6 heteroatoms. The van der Waals surface area contributed by atoms with Crippen LogP contribution in [-0.4, -0.2) is 4.98 Å². The molecular weight excluding hydrogens is 253 g/mol. The van der Waals surface area contributed by atoms with E-state index in [2.05, 4.69) is 9.40 Å². The maximum absolute atomic E-state index is 11.0. The first-order valence-electron chi connectivity index (χ1n) is 4.26. The smallest absolute Gasteiger partial charge is 0.373 e. The van der Waals surface area contributed by atoms with E-state index in [1.165, 1.54) is 6.07 Å². The van der Waals surface area contributed by atoms with Crippen molar-refractivity contribution >= 4 is 23.2 Å². The number of aromatic amines is 1. The van der Waals surface area contributed by atoms with Gasteiger partial charge in [0.1, 0.15) is 0 Å². The van der Waals surface area contributed by atoms with Crippen LogP contribution >= 0.6 is 23.2 Å². The van der Waals surface area contributed by atoms with Gasteiger partial charge in [0.25, 0.3) is 0 Å². The lowest BCUT2D eigenvalue weighted by molar-refractivity contribution is 0.451. The average molecular weight is 258 g/mol. The number of nitrogens with one attached hydrogen (secondary N) is 1. The minimum absolute atomic E-state index is 0.333. The highest BCUT2D eigenvalue weighted by Crippen LogP contribution is 2.26. The molecule has 4 nitrogen and oxygen atoms in total. The Morgan fingerprint density at radius 3 is 2.44 bits per heavy atom. The molecular formula is C10H5Cl2NO3. The van der Waals surface area contributed by atoms with Crippen LogP contribution in [-0.2, 0) is 0 Å². The Morgan fingerprint density at radius 2 is 1.81 bits per heavy atom. The first kappa shape index (κ1) is 11.0. The van der Waals surface area contributed by atoms with Crippen LogP contribution in [0, 0.1) is 0 Å². The molecule has 0 saturated heterocycles. The molecule has 1 N–H and O–H groups in total. The number of hydrogen-bond donors (Lipinski definition) is 1. The lowest BCUT2D eigenvalue weighted by atomic mass is 10.1. The van der Waals surface area contributed by atoms with Gasteiger partial charge in [-0.25, -0.2) is 9.59 Å². The topological polar surface area (TPSA) is 63.1 Å². The summed E-state index contributed by atoms with van der Waals surface area (Å²) in [6.07, 6.45) is 0. The number of H-pyrrole nitrogens is 1. The molecule has 1 heterocycles. The standard InChI is InChI=1S/C10H5Cl2NO3/c11-6-2-1-5(3-7(6)12)8-4-9(14)16-10(15)13-8/h1-4H,(H,13,15). The molecule has 0 spiro atoms. The summed E-state index contributed by atoms with van der Waals surface area (Å²) in [4.78, 5) is 24.3. The fourth-order valence-corrected chi connectivity index (χ4v) is 1.53. The second-order valence-corrected chi connectivity index (χ2v) is 3.83. The fourth-order valence-electron chi connectivity index (χ4n) is 1.23. The third-order valence-electron chi connectivity index (χ3n) is 1.92. The molecule has 2 aromatic rings. The van der Waals surface area contributed by atoms with Gasteiger partial charge in [-0.05, 0) is 17.7 Å². The van der Waals surface area contributed by atoms with Crippen LogP contribution in [0.4, 0.5) is 0 Å². The third-order valence-corrected chi connectivity index (χ3v) is 2.66. The third kappa shape index (κ3) is 2.18. The Hall–Kier alpha value is -1.52. The Balaban J connectivity index is 2.63. The lowest BCUT2D eigenvalue weighted by Gasteiger charge is -2.01. The van der Waals surface area contributed by atoms with E-state index in [0.29, 0.717) is 21.3 Å². The van der Waals surface area contributed by atoms with Crippen molar-refractivity contribution in [3.8, 4) is 11.3 Å². The highest BCUT2D eigenvalue weighted by molar-refractivity contribution is 6.42. The van der Waals surface area contributed by atoms with Crippen molar-refractivity contribution in [1.82, 2.24) is 4.98 Å². The van der Waals surface area contributed by atoms with Crippen molar-refractivity contribution in [3.05, 3.63) is 55.3 Å². The second kappa shape index (κ2) is 4.15. The summed E-state index contributed by atoms with van der Waals surface area (Å²) in [5.41, 5.74) is 0.198. The zero-order valence-corrected chi connectivity index (χ0v) is 9.30. The van der Waals surface area contributed by atoms with Crippen molar-refractivity contribution in [3.63, 3.8) is 0 Å². The fraction of sp³-hybridized carbons (Fsp3) is 0. The maximum Gasteiger partial charge on any atom is 0.419 e. The number of hydrogen-bond acceptors (Lipinski definition) is 3. The predicted octanol–water partition coefficient (Wildman–Crippen LogP) is 2.30. The predicted molar refractivity (Wildman–Crippen MR) is 61.1 cm³/mol. The van der Waals surface area contributed by atoms with Crippen LogP contribution in [0.3, 0.4) is 0 Å². The van der Waals surface area contributed by atoms with Gasteiger partial charge in [0.15, 0.2) is 0 Å². The normalized spacial score (nSPS) is 10.4. The van der Waals surface area contributed by atoms with Crippen LogP contribution in [0.25, 0.3) is 11.3 Å². The molecule has 2 rings (SSSR count). The molecule has 0 fully saturated rings. The van der Waals surface area contributed by atoms with E-state index in [0.717, 1.165) is 0 Å². The van der Waals surface area contributed by atoms with Gasteiger partial charge in [0.2, 0.25) is 0 Å². The molecule has 0 amide bonds. The first-order valence-corrected chi connectivity index (χ1v) is 5.02. The van der Waals surface area contributed by atoms with Crippen LogP contribution in [0.2, 0.25) is 10.0 Å². The summed E-state index contributed by atoms with van der Waals surface area (Å²) in [6.45, 7) is 0. The van der Waals surface area contributed by atoms with Crippen molar-refractivity contribution < 1.29 is 4.42 Å². The number of aromatic nitrogens is 1. The molecule has 1 aromatic heterocycles. The van der Waals surface area contributed by atoms with Crippen LogP contribution in [0.5, 0.6) is 0 Å². The van der Waals surface area contributed by atoms with E-state index < -0.39 is 11.4 Å². The number of benzene rings is 1. The monoisotopic (exact) mass is 257 g/mol. The summed E-state index contributed by atoms with van der Waals surface area (Å²) >= 11 is 11.6. The Morgan fingerprint density at radius 1 is 1.06 bits per heavy atom. The molecule has 0 aliphatic rings. The average Bonchev–Trinajstić information content (AvgIpc) is 2.20.